The topological polar surface area (TPSA) is 0 Å². The normalized spacial score (nSPS) is 15.7. The number of hydrogen-bond acceptors (Lipinski definition) is 0. The molecule has 0 nitrogen and oxygen atoms in total. The van der Waals surface area contributed by atoms with Gasteiger partial charge in [-0.05, 0) is 6.08 Å². The van der Waals surface area contributed by atoms with E-state index >= 15 is 0 Å². The summed E-state index contributed by atoms with van der Waals surface area (Å²) in [5.74, 6) is -8.84. The Hall–Kier alpha value is -0.750. The maximum Gasteiger partial charge on any atom is 0.290 e. The lowest BCUT2D eigenvalue weighted by molar-refractivity contribution is -0.163. The van der Waals surface area contributed by atoms with Gasteiger partial charge >= 0.3 is 0 Å². The van der Waals surface area contributed by atoms with Crippen LogP contribution in [0.25, 0.3) is 0 Å². The fraction of sp³-hybridized carbons (Fsp3) is 0.714. The van der Waals surface area contributed by atoms with Crippen LogP contribution in [0.1, 0.15) is 6.42 Å². The number of rotatable bonds is 5. The Morgan fingerprint density at radius 1 is 1.07 bits per heavy atom. The van der Waals surface area contributed by atoms with Crippen LogP contribution in [0.2, 0.25) is 0 Å². The first-order chi connectivity index (χ1) is 6.12. The summed E-state index contributed by atoms with van der Waals surface area (Å²) in [7, 11) is 0. The lowest BCUT2D eigenvalue weighted by atomic mass is 10.1. The van der Waals surface area contributed by atoms with Gasteiger partial charge in [0.2, 0.25) is 6.17 Å². The van der Waals surface area contributed by atoms with Gasteiger partial charge in [0.15, 0.2) is 0 Å². The Bertz CT molecular complexity index is 198. The predicted molar refractivity (Wildman–Crippen MR) is 35.6 cm³/mol. The molecule has 0 bridgehead atoms. The molecular weight excluding hydrogens is 217 g/mol. The molecular formula is C7H7F7. The average molecular weight is 224 g/mol. The molecule has 0 saturated heterocycles. The van der Waals surface area contributed by atoms with Crippen LogP contribution in [-0.2, 0) is 0 Å². The minimum Gasteiger partial charge on any atom is -0.234 e. The smallest absolute Gasteiger partial charge is 0.234 e. The SMILES string of the molecule is C=CC(F)(F)CC(F)(F)C(F)C(F)F. The summed E-state index contributed by atoms with van der Waals surface area (Å²) in [6.45, 7) is 2.53. The molecule has 0 rings (SSSR count). The van der Waals surface area contributed by atoms with E-state index < -0.39 is 30.9 Å². The maximum atomic E-state index is 12.4. The van der Waals surface area contributed by atoms with Crippen LogP contribution in [-0.4, -0.2) is 24.4 Å². The summed E-state index contributed by atoms with van der Waals surface area (Å²) in [6, 6.07) is 0. The van der Waals surface area contributed by atoms with Crippen LogP contribution >= 0.6 is 0 Å². The van der Waals surface area contributed by atoms with Crippen LogP contribution < -0.4 is 0 Å². The van der Waals surface area contributed by atoms with Crippen molar-refractivity contribution in [3.8, 4) is 0 Å². The molecule has 84 valence electrons. The minimum absolute atomic E-state index is 0.140. The Morgan fingerprint density at radius 3 is 1.79 bits per heavy atom. The molecule has 0 fully saturated rings. The van der Waals surface area contributed by atoms with Crippen molar-refractivity contribution in [2.75, 3.05) is 0 Å². The summed E-state index contributed by atoms with van der Waals surface area (Å²) < 4.78 is 84.3. The van der Waals surface area contributed by atoms with Crippen molar-refractivity contribution in [1.82, 2.24) is 0 Å². The van der Waals surface area contributed by atoms with Crippen LogP contribution in [0, 0.1) is 0 Å². The predicted octanol–water partition coefficient (Wildman–Crippen LogP) is 3.44. The van der Waals surface area contributed by atoms with Crippen molar-refractivity contribution >= 4 is 0 Å². The first-order valence-corrected chi connectivity index (χ1v) is 3.44. The first-order valence-electron chi connectivity index (χ1n) is 3.44. The third-order valence-electron chi connectivity index (χ3n) is 1.39. The van der Waals surface area contributed by atoms with Gasteiger partial charge in [0, 0.05) is 0 Å². The molecule has 0 N–H and O–H groups in total. The van der Waals surface area contributed by atoms with Crippen LogP contribution in [0.5, 0.6) is 0 Å². The lowest BCUT2D eigenvalue weighted by Crippen LogP contribution is -2.40. The second-order valence-electron chi connectivity index (χ2n) is 2.64. The van der Waals surface area contributed by atoms with Gasteiger partial charge in [0.05, 0.1) is 6.42 Å². The molecule has 1 atom stereocenters. The highest BCUT2D eigenvalue weighted by atomic mass is 19.3. The highest BCUT2D eigenvalue weighted by molar-refractivity contribution is 4.94. The minimum atomic E-state index is -4.77. The van der Waals surface area contributed by atoms with Gasteiger partial charge in [-0.2, -0.15) is 0 Å². The zero-order chi connectivity index (χ0) is 11.6. The zero-order valence-corrected chi connectivity index (χ0v) is 6.79. The van der Waals surface area contributed by atoms with Crippen molar-refractivity contribution in [3.63, 3.8) is 0 Å². The van der Waals surface area contributed by atoms with E-state index in [-0.39, 0.29) is 6.08 Å². The molecule has 0 saturated carbocycles. The highest BCUT2D eigenvalue weighted by Gasteiger charge is 2.51. The highest BCUT2D eigenvalue weighted by Crippen LogP contribution is 2.36. The van der Waals surface area contributed by atoms with E-state index in [4.69, 9.17) is 0 Å². The second-order valence-corrected chi connectivity index (χ2v) is 2.64. The van der Waals surface area contributed by atoms with E-state index in [1.807, 2.05) is 0 Å². The van der Waals surface area contributed by atoms with Gasteiger partial charge in [-0.15, -0.1) is 0 Å². The Kier molecular flexibility index (Phi) is 3.96. The number of alkyl halides is 7. The van der Waals surface area contributed by atoms with Gasteiger partial charge in [-0.25, -0.2) is 30.7 Å². The molecule has 7 heteroatoms. The number of halogens is 7. The molecule has 0 aliphatic heterocycles. The van der Waals surface area contributed by atoms with E-state index in [0.717, 1.165) is 0 Å². The average Bonchev–Trinajstić information content (AvgIpc) is 2.01. The molecule has 0 radical (unpaired) electrons. The van der Waals surface area contributed by atoms with Gasteiger partial charge in [0.1, 0.15) is 0 Å². The van der Waals surface area contributed by atoms with Crippen molar-refractivity contribution < 1.29 is 30.7 Å². The van der Waals surface area contributed by atoms with E-state index in [1.165, 1.54) is 0 Å². The molecule has 0 aromatic carbocycles. The number of allylic oxidation sites excluding steroid dienone is 1. The monoisotopic (exact) mass is 224 g/mol. The summed E-state index contributed by atoms with van der Waals surface area (Å²) in [5.41, 5.74) is 0. The molecule has 14 heavy (non-hydrogen) atoms. The summed E-state index contributed by atoms with van der Waals surface area (Å²) >= 11 is 0. The largest absolute Gasteiger partial charge is 0.290 e. The molecule has 0 heterocycles. The Balaban J connectivity index is 4.55. The quantitative estimate of drug-likeness (QED) is 0.495. The molecule has 0 aromatic heterocycles. The van der Waals surface area contributed by atoms with E-state index in [9.17, 15) is 30.7 Å². The van der Waals surface area contributed by atoms with E-state index in [0.29, 0.717) is 0 Å². The zero-order valence-electron chi connectivity index (χ0n) is 6.79. The van der Waals surface area contributed by atoms with Crippen LogP contribution in [0.15, 0.2) is 12.7 Å². The van der Waals surface area contributed by atoms with Crippen molar-refractivity contribution in [2.45, 2.75) is 30.9 Å². The lowest BCUT2D eigenvalue weighted by Gasteiger charge is -2.23. The second kappa shape index (κ2) is 4.18. The molecule has 0 spiro atoms. The molecule has 0 aromatic rings. The Morgan fingerprint density at radius 2 is 1.50 bits per heavy atom. The standard InChI is InChI=1S/C7H7F7/c1-2-6(11,12)3-7(13,14)4(8)5(9)10/h2,4-5H,1,3H2. The third-order valence-corrected chi connectivity index (χ3v) is 1.39. The fourth-order valence-electron chi connectivity index (χ4n) is 0.668. The van der Waals surface area contributed by atoms with Crippen LogP contribution in [0.4, 0.5) is 30.7 Å². The maximum absolute atomic E-state index is 12.4. The van der Waals surface area contributed by atoms with Crippen molar-refractivity contribution in [1.29, 1.82) is 0 Å². The third kappa shape index (κ3) is 3.55. The fourth-order valence-corrected chi connectivity index (χ4v) is 0.668. The van der Waals surface area contributed by atoms with Gasteiger partial charge in [0.25, 0.3) is 18.3 Å². The Labute approximate surface area is 75.4 Å². The summed E-state index contributed by atoms with van der Waals surface area (Å²) in [6.07, 6.45) is -10.3. The molecule has 0 aliphatic carbocycles. The summed E-state index contributed by atoms with van der Waals surface area (Å²) in [5, 5.41) is 0. The van der Waals surface area contributed by atoms with Crippen molar-refractivity contribution in [3.05, 3.63) is 12.7 Å². The molecule has 0 amide bonds. The van der Waals surface area contributed by atoms with Crippen molar-refractivity contribution in [2.24, 2.45) is 0 Å². The molecule has 0 aliphatic rings. The van der Waals surface area contributed by atoms with E-state index in [1.54, 1.807) is 0 Å². The molecule has 1 unspecified atom stereocenters. The van der Waals surface area contributed by atoms with E-state index in [2.05, 4.69) is 6.58 Å². The van der Waals surface area contributed by atoms with Gasteiger partial charge < -0.3 is 0 Å². The summed E-state index contributed by atoms with van der Waals surface area (Å²) in [4.78, 5) is 0. The first kappa shape index (κ1) is 13.2. The number of hydrogen-bond donors (Lipinski definition) is 0. The van der Waals surface area contributed by atoms with Gasteiger partial charge in [-0.1, -0.05) is 6.58 Å². The van der Waals surface area contributed by atoms with Crippen LogP contribution in [0.3, 0.4) is 0 Å². The van der Waals surface area contributed by atoms with Gasteiger partial charge in [-0.3, -0.25) is 0 Å².